The van der Waals surface area contributed by atoms with Gasteiger partial charge in [0.2, 0.25) is 0 Å². The lowest BCUT2D eigenvalue weighted by molar-refractivity contribution is -0.313. The van der Waals surface area contributed by atoms with Gasteiger partial charge >= 0.3 is 0 Å². The summed E-state index contributed by atoms with van der Waals surface area (Å²) in [5.74, 6) is 0.793. The second-order valence-electron chi connectivity index (χ2n) is 14.8. The molecule has 5 heteroatoms. The summed E-state index contributed by atoms with van der Waals surface area (Å²) in [5, 5.41) is 4.53. The zero-order valence-corrected chi connectivity index (χ0v) is 26.4. The third-order valence-electron chi connectivity index (χ3n) is 8.84. The lowest BCUT2D eigenvalue weighted by atomic mass is 9.76. The minimum Gasteiger partial charge on any atom is -0.303 e. The number of rotatable bonds is 7. The summed E-state index contributed by atoms with van der Waals surface area (Å²) in [6.45, 7) is 24.4. The molecule has 0 aromatic heterocycles. The molecule has 2 saturated heterocycles. The van der Waals surface area contributed by atoms with E-state index in [2.05, 4.69) is 91.3 Å². The predicted molar refractivity (Wildman–Crippen MR) is 154 cm³/mol. The van der Waals surface area contributed by atoms with E-state index in [-0.39, 0.29) is 22.2 Å². The first-order valence-corrected chi connectivity index (χ1v) is 15.1. The molecule has 3 aliphatic rings. The zero-order chi connectivity index (χ0) is 27.4. The average molecular weight is 510 g/mol. The molecule has 36 heavy (non-hydrogen) atoms. The number of hydrogen-bond donors (Lipinski definition) is 0. The molecule has 0 spiro atoms. The van der Waals surface area contributed by atoms with E-state index >= 15 is 0 Å². The molecule has 3 rings (SSSR count). The van der Waals surface area contributed by atoms with Gasteiger partial charge < -0.3 is 9.74 Å². The summed E-state index contributed by atoms with van der Waals surface area (Å²) >= 11 is 0. The Hall–Kier alpha value is -0.200. The molecule has 2 aliphatic heterocycles. The van der Waals surface area contributed by atoms with Gasteiger partial charge in [0.15, 0.2) is 0 Å². The van der Waals surface area contributed by atoms with Crippen molar-refractivity contribution in [2.45, 2.75) is 174 Å². The minimum atomic E-state index is 0.0989. The standard InChI is InChI=1S/C16H31NO.C15H32N2O/c1-13-11-15(2,3)17(16(4,5)12-13)18-14-9-7-6-8-10-14;1-8-9-10-16(6)13-11-14(2,3)17(18-7)15(4,5)12-13/h13-14H,6-12H2,1-5H3;13H,8-12H2,1-7H3. The minimum absolute atomic E-state index is 0.0989. The molecule has 1 saturated carbocycles. The van der Waals surface area contributed by atoms with E-state index in [1.54, 1.807) is 7.11 Å². The summed E-state index contributed by atoms with van der Waals surface area (Å²) in [4.78, 5) is 14.6. The van der Waals surface area contributed by atoms with E-state index in [9.17, 15) is 0 Å². The monoisotopic (exact) mass is 509 g/mol. The first-order valence-electron chi connectivity index (χ1n) is 15.1. The van der Waals surface area contributed by atoms with Crippen LogP contribution >= 0.6 is 0 Å². The lowest BCUT2D eigenvalue weighted by Gasteiger charge is -2.54. The highest BCUT2D eigenvalue weighted by Gasteiger charge is 2.47. The third-order valence-corrected chi connectivity index (χ3v) is 8.84. The molecule has 0 bridgehead atoms. The number of nitrogens with zero attached hydrogens (tertiary/aromatic N) is 3. The Morgan fingerprint density at radius 3 is 1.67 bits per heavy atom. The van der Waals surface area contributed by atoms with Gasteiger partial charge in [-0.2, -0.15) is 10.1 Å². The van der Waals surface area contributed by atoms with Gasteiger partial charge in [0.05, 0.1) is 13.2 Å². The maximum absolute atomic E-state index is 6.44. The van der Waals surface area contributed by atoms with E-state index in [4.69, 9.17) is 9.68 Å². The largest absolute Gasteiger partial charge is 0.303 e. The van der Waals surface area contributed by atoms with Crippen LogP contribution in [0.5, 0.6) is 0 Å². The average Bonchev–Trinajstić information content (AvgIpc) is 2.73. The molecule has 2 heterocycles. The molecule has 0 amide bonds. The van der Waals surface area contributed by atoms with Gasteiger partial charge in [-0.3, -0.25) is 4.84 Å². The van der Waals surface area contributed by atoms with Crippen molar-refractivity contribution < 1.29 is 9.68 Å². The van der Waals surface area contributed by atoms with Crippen LogP contribution in [0.1, 0.15) is 140 Å². The van der Waals surface area contributed by atoms with Crippen molar-refractivity contribution in [2.24, 2.45) is 5.92 Å². The van der Waals surface area contributed by atoms with Crippen LogP contribution in [0.3, 0.4) is 0 Å². The molecule has 214 valence electrons. The van der Waals surface area contributed by atoms with Crippen molar-refractivity contribution in [1.29, 1.82) is 0 Å². The number of unbranched alkanes of at least 4 members (excludes halogenated alkanes) is 1. The Labute approximate surface area is 225 Å². The fourth-order valence-electron chi connectivity index (χ4n) is 7.97. The van der Waals surface area contributed by atoms with Crippen molar-refractivity contribution in [3.05, 3.63) is 0 Å². The summed E-state index contributed by atoms with van der Waals surface area (Å²) in [6, 6.07) is 0.660. The summed E-state index contributed by atoms with van der Waals surface area (Å²) < 4.78 is 0. The Kier molecular flexibility index (Phi) is 11.4. The van der Waals surface area contributed by atoms with Crippen LogP contribution in [0, 0.1) is 5.92 Å². The predicted octanol–water partition coefficient (Wildman–Crippen LogP) is 7.84. The fourth-order valence-corrected chi connectivity index (χ4v) is 7.97. The van der Waals surface area contributed by atoms with Gasteiger partial charge in [-0.05, 0) is 120 Å². The first kappa shape index (κ1) is 32.0. The molecular weight excluding hydrogens is 446 g/mol. The quantitative estimate of drug-likeness (QED) is 0.348. The van der Waals surface area contributed by atoms with E-state index in [1.165, 1.54) is 77.2 Å². The molecule has 0 atom stereocenters. The first-order chi connectivity index (χ1) is 16.6. The van der Waals surface area contributed by atoms with Crippen LogP contribution in [-0.2, 0) is 9.68 Å². The van der Waals surface area contributed by atoms with Gasteiger partial charge in [0.1, 0.15) is 0 Å². The Morgan fingerprint density at radius 2 is 1.22 bits per heavy atom. The smallest absolute Gasteiger partial charge is 0.0793 e. The summed E-state index contributed by atoms with van der Waals surface area (Å²) in [6.07, 6.45) is 14.4. The molecule has 0 N–H and O–H groups in total. The van der Waals surface area contributed by atoms with Crippen molar-refractivity contribution in [3.8, 4) is 0 Å². The van der Waals surface area contributed by atoms with Gasteiger partial charge in [0.25, 0.3) is 0 Å². The van der Waals surface area contributed by atoms with E-state index in [0.717, 1.165) is 5.92 Å². The molecule has 0 unspecified atom stereocenters. The van der Waals surface area contributed by atoms with Crippen LogP contribution in [0.15, 0.2) is 0 Å². The maximum atomic E-state index is 6.44. The zero-order valence-electron chi connectivity index (χ0n) is 26.4. The summed E-state index contributed by atoms with van der Waals surface area (Å²) in [5.41, 5.74) is 0.528. The van der Waals surface area contributed by atoms with Crippen LogP contribution in [0.2, 0.25) is 0 Å². The highest BCUT2D eigenvalue weighted by Crippen LogP contribution is 2.43. The highest BCUT2D eigenvalue weighted by molar-refractivity contribution is 4.99. The van der Waals surface area contributed by atoms with Crippen LogP contribution in [0.4, 0.5) is 0 Å². The molecule has 3 fully saturated rings. The second kappa shape index (κ2) is 12.8. The van der Waals surface area contributed by atoms with Gasteiger partial charge in [-0.1, -0.05) is 39.5 Å². The Morgan fingerprint density at radius 1 is 0.750 bits per heavy atom. The third kappa shape index (κ3) is 8.40. The van der Waals surface area contributed by atoms with Gasteiger partial charge in [0, 0.05) is 28.2 Å². The van der Waals surface area contributed by atoms with Crippen molar-refractivity contribution >= 4 is 0 Å². The van der Waals surface area contributed by atoms with Crippen LogP contribution < -0.4 is 0 Å². The van der Waals surface area contributed by atoms with Gasteiger partial charge in [-0.15, -0.1) is 0 Å². The normalized spacial score (nSPS) is 27.6. The SMILES string of the molecule is CC1CC(C)(C)N(OC2CCCCC2)C(C)(C)C1.CCCCN(C)C1CC(C)(C)N(OC)C(C)(C)C1. The van der Waals surface area contributed by atoms with E-state index < -0.39 is 0 Å². The van der Waals surface area contributed by atoms with Crippen LogP contribution in [0.25, 0.3) is 0 Å². The number of piperidine rings is 2. The highest BCUT2D eigenvalue weighted by atomic mass is 16.7. The molecule has 5 nitrogen and oxygen atoms in total. The lowest BCUT2D eigenvalue weighted by Crippen LogP contribution is -2.63. The second-order valence-corrected chi connectivity index (χ2v) is 14.8. The van der Waals surface area contributed by atoms with Crippen molar-refractivity contribution in [1.82, 2.24) is 15.0 Å². The maximum Gasteiger partial charge on any atom is 0.0793 e. The van der Waals surface area contributed by atoms with Crippen molar-refractivity contribution in [2.75, 3.05) is 20.7 Å². The number of hydroxylamine groups is 4. The fraction of sp³-hybridized carbons (Fsp3) is 1.00. The molecule has 1 aliphatic carbocycles. The Balaban J connectivity index is 0.000000254. The van der Waals surface area contributed by atoms with Crippen LogP contribution in [-0.4, -0.2) is 70.0 Å². The summed E-state index contributed by atoms with van der Waals surface area (Å²) in [7, 11) is 4.07. The Bertz CT molecular complexity index is 618. The van der Waals surface area contributed by atoms with Crippen molar-refractivity contribution in [3.63, 3.8) is 0 Å². The van der Waals surface area contributed by atoms with E-state index in [1.807, 2.05) is 0 Å². The topological polar surface area (TPSA) is 28.2 Å². The van der Waals surface area contributed by atoms with Gasteiger partial charge in [-0.25, -0.2) is 0 Å². The number of hydrogen-bond acceptors (Lipinski definition) is 5. The molecule has 0 aromatic rings. The molecular formula is C31H63N3O2. The molecule has 0 aromatic carbocycles. The molecule has 0 radical (unpaired) electrons. The van der Waals surface area contributed by atoms with E-state index in [0.29, 0.717) is 12.1 Å².